The molecule has 1 fully saturated rings. The molecule has 1 heterocycles. The molecule has 0 aliphatic carbocycles. The van der Waals surface area contributed by atoms with Crippen molar-refractivity contribution in [1.82, 2.24) is 4.90 Å². The smallest absolute Gasteiger partial charge is 0.0332 e. The van der Waals surface area contributed by atoms with Gasteiger partial charge in [-0.1, -0.05) is 26.7 Å². The third-order valence-electron chi connectivity index (χ3n) is 3.91. The van der Waals surface area contributed by atoms with E-state index in [1.807, 2.05) is 0 Å². The summed E-state index contributed by atoms with van der Waals surface area (Å²) in [5.74, 6) is 1.25. The van der Waals surface area contributed by atoms with Gasteiger partial charge in [0.1, 0.15) is 0 Å². The molecule has 2 nitrogen and oxygen atoms in total. The first-order valence-corrected chi connectivity index (χ1v) is 8.07. The summed E-state index contributed by atoms with van der Waals surface area (Å²) in [7, 11) is 0. The maximum absolute atomic E-state index is 6.15. The Hall–Kier alpha value is 0.270. The van der Waals surface area contributed by atoms with Crippen LogP contribution in [-0.4, -0.2) is 40.6 Å². The molecule has 0 bridgehead atoms. The molecule has 1 rings (SSSR count). The Labute approximate surface area is 112 Å². The number of thioether (sulfide) groups is 1. The van der Waals surface area contributed by atoms with Crippen molar-refractivity contribution in [3.63, 3.8) is 0 Å². The summed E-state index contributed by atoms with van der Waals surface area (Å²) in [6.45, 7) is 12.5. The van der Waals surface area contributed by atoms with Crippen LogP contribution in [0.1, 0.15) is 53.4 Å². The standard InChI is InChI=1S/C14H30N2S/c1-5-7-14(11-15,8-6-2)16-9-10-17-13(3,4)12-16/h5-12,15H2,1-4H3. The predicted octanol–water partition coefficient (Wildman–Crippen LogP) is 3.11. The average molecular weight is 258 g/mol. The molecule has 0 aromatic heterocycles. The monoisotopic (exact) mass is 258 g/mol. The second-order valence-corrected chi connectivity index (χ2v) is 7.76. The van der Waals surface area contributed by atoms with Gasteiger partial charge in [-0.15, -0.1) is 0 Å². The lowest BCUT2D eigenvalue weighted by Crippen LogP contribution is -2.59. The van der Waals surface area contributed by atoms with Gasteiger partial charge in [0, 0.05) is 35.7 Å². The molecule has 0 aromatic rings. The van der Waals surface area contributed by atoms with Gasteiger partial charge in [0.15, 0.2) is 0 Å². The lowest BCUT2D eigenvalue weighted by atomic mass is 9.85. The van der Waals surface area contributed by atoms with E-state index in [1.54, 1.807) is 0 Å². The third kappa shape index (κ3) is 3.87. The minimum Gasteiger partial charge on any atom is -0.329 e. The van der Waals surface area contributed by atoms with Gasteiger partial charge in [-0.2, -0.15) is 11.8 Å². The fourth-order valence-electron chi connectivity index (χ4n) is 3.13. The largest absolute Gasteiger partial charge is 0.329 e. The summed E-state index contributed by atoms with van der Waals surface area (Å²) < 4.78 is 0.389. The highest BCUT2D eigenvalue weighted by molar-refractivity contribution is 8.00. The predicted molar refractivity (Wildman–Crippen MR) is 79.7 cm³/mol. The zero-order chi connectivity index (χ0) is 12.9. The number of hydrogen-bond donors (Lipinski definition) is 1. The molecule has 2 N–H and O–H groups in total. The van der Waals surface area contributed by atoms with Gasteiger partial charge in [-0.25, -0.2) is 0 Å². The molecule has 0 saturated carbocycles. The van der Waals surface area contributed by atoms with Crippen molar-refractivity contribution in [2.24, 2.45) is 5.73 Å². The van der Waals surface area contributed by atoms with E-state index in [9.17, 15) is 0 Å². The topological polar surface area (TPSA) is 29.3 Å². The molecule has 102 valence electrons. The number of hydrogen-bond acceptors (Lipinski definition) is 3. The van der Waals surface area contributed by atoms with Crippen molar-refractivity contribution in [2.75, 3.05) is 25.4 Å². The Bertz CT molecular complexity index is 222. The number of nitrogens with two attached hydrogens (primary N) is 1. The highest BCUT2D eigenvalue weighted by Crippen LogP contribution is 2.36. The molecule has 0 atom stereocenters. The molecule has 0 spiro atoms. The van der Waals surface area contributed by atoms with E-state index in [4.69, 9.17) is 5.73 Å². The maximum Gasteiger partial charge on any atom is 0.0332 e. The van der Waals surface area contributed by atoms with Crippen LogP contribution in [0.5, 0.6) is 0 Å². The van der Waals surface area contributed by atoms with Gasteiger partial charge in [0.05, 0.1) is 0 Å². The molecule has 0 unspecified atom stereocenters. The SMILES string of the molecule is CCCC(CN)(CCC)N1CCSC(C)(C)C1. The molecule has 17 heavy (non-hydrogen) atoms. The van der Waals surface area contributed by atoms with E-state index in [2.05, 4.69) is 44.4 Å². The van der Waals surface area contributed by atoms with Crippen molar-refractivity contribution in [3.8, 4) is 0 Å². The zero-order valence-corrected chi connectivity index (χ0v) is 12.9. The second-order valence-electron chi connectivity index (χ2n) is 5.96. The Kier molecular flexibility index (Phi) is 5.81. The second kappa shape index (κ2) is 6.44. The molecule has 3 heteroatoms. The van der Waals surface area contributed by atoms with Gasteiger partial charge >= 0.3 is 0 Å². The fourth-order valence-corrected chi connectivity index (χ4v) is 4.24. The van der Waals surface area contributed by atoms with Crippen LogP contribution in [0.25, 0.3) is 0 Å². The lowest BCUT2D eigenvalue weighted by Gasteiger charge is -2.49. The van der Waals surface area contributed by atoms with Crippen molar-refractivity contribution in [2.45, 2.75) is 63.7 Å². The summed E-state index contributed by atoms with van der Waals surface area (Å²) in [5.41, 5.74) is 6.42. The van der Waals surface area contributed by atoms with Crippen LogP contribution in [0.4, 0.5) is 0 Å². The summed E-state index contributed by atoms with van der Waals surface area (Å²) in [5, 5.41) is 0. The van der Waals surface area contributed by atoms with E-state index in [1.165, 1.54) is 44.5 Å². The molecule has 0 radical (unpaired) electrons. The molecule has 0 amide bonds. The van der Waals surface area contributed by atoms with Crippen LogP contribution in [0, 0.1) is 0 Å². The average Bonchev–Trinajstić information content (AvgIpc) is 2.27. The van der Waals surface area contributed by atoms with Crippen molar-refractivity contribution >= 4 is 11.8 Å². The van der Waals surface area contributed by atoms with E-state index in [0.29, 0.717) is 4.75 Å². The first-order chi connectivity index (χ1) is 7.99. The summed E-state index contributed by atoms with van der Waals surface area (Å²) in [6.07, 6.45) is 4.97. The lowest BCUT2D eigenvalue weighted by molar-refractivity contribution is 0.0695. The Morgan fingerprint density at radius 3 is 2.24 bits per heavy atom. The highest BCUT2D eigenvalue weighted by atomic mass is 32.2. The van der Waals surface area contributed by atoms with Gasteiger partial charge < -0.3 is 5.73 Å². The van der Waals surface area contributed by atoms with Gasteiger partial charge in [0.2, 0.25) is 0 Å². The van der Waals surface area contributed by atoms with Crippen LogP contribution < -0.4 is 5.73 Å². The first kappa shape index (κ1) is 15.3. The van der Waals surface area contributed by atoms with Gasteiger partial charge in [-0.05, 0) is 26.7 Å². The summed E-state index contributed by atoms with van der Waals surface area (Å²) >= 11 is 2.10. The number of nitrogens with zero attached hydrogens (tertiary/aromatic N) is 1. The van der Waals surface area contributed by atoms with E-state index in [-0.39, 0.29) is 5.54 Å². The Morgan fingerprint density at radius 2 is 1.82 bits per heavy atom. The minimum atomic E-state index is 0.266. The first-order valence-electron chi connectivity index (χ1n) is 7.09. The summed E-state index contributed by atoms with van der Waals surface area (Å²) in [6, 6.07) is 0. The van der Waals surface area contributed by atoms with E-state index < -0.39 is 0 Å². The third-order valence-corrected chi connectivity index (χ3v) is 5.20. The van der Waals surface area contributed by atoms with Crippen LogP contribution in [0.3, 0.4) is 0 Å². The quantitative estimate of drug-likeness (QED) is 0.794. The number of rotatable bonds is 6. The normalized spacial score (nSPS) is 21.7. The zero-order valence-electron chi connectivity index (χ0n) is 12.1. The van der Waals surface area contributed by atoms with E-state index in [0.717, 1.165) is 6.54 Å². The molecule has 1 aliphatic rings. The van der Waals surface area contributed by atoms with Crippen LogP contribution in [-0.2, 0) is 0 Å². The summed E-state index contributed by atoms with van der Waals surface area (Å²) in [4.78, 5) is 2.69. The minimum absolute atomic E-state index is 0.266. The van der Waals surface area contributed by atoms with Gasteiger partial charge in [-0.3, -0.25) is 4.90 Å². The van der Waals surface area contributed by atoms with Crippen molar-refractivity contribution in [3.05, 3.63) is 0 Å². The van der Waals surface area contributed by atoms with Crippen LogP contribution in [0.2, 0.25) is 0 Å². The van der Waals surface area contributed by atoms with Crippen LogP contribution >= 0.6 is 11.8 Å². The molecular weight excluding hydrogens is 228 g/mol. The van der Waals surface area contributed by atoms with Crippen molar-refractivity contribution < 1.29 is 0 Å². The molecular formula is C14H30N2S. The van der Waals surface area contributed by atoms with E-state index >= 15 is 0 Å². The molecule has 1 saturated heterocycles. The Morgan fingerprint density at radius 1 is 1.24 bits per heavy atom. The van der Waals surface area contributed by atoms with Crippen LogP contribution in [0.15, 0.2) is 0 Å². The molecule has 1 aliphatic heterocycles. The van der Waals surface area contributed by atoms with Crippen molar-refractivity contribution in [1.29, 1.82) is 0 Å². The Balaban J connectivity index is 2.80. The fraction of sp³-hybridized carbons (Fsp3) is 1.00. The molecule has 0 aromatic carbocycles. The van der Waals surface area contributed by atoms with Gasteiger partial charge in [0.25, 0.3) is 0 Å². The highest BCUT2D eigenvalue weighted by Gasteiger charge is 2.39. The maximum atomic E-state index is 6.15.